The minimum absolute atomic E-state index is 0.113. The minimum Gasteiger partial charge on any atom is -0.504 e. The van der Waals surface area contributed by atoms with Crippen molar-refractivity contribution >= 4 is 23.5 Å². The highest BCUT2D eigenvalue weighted by Gasteiger charge is 2.28. The second kappa shape index (κ2) is 7.57. The third-order valence-electron chi connectivity index (χ3n) is 4.83. The Balaban J connectivity index is 1.93. The molecule has 0 saturated carbocycles. The Hall–Kier alpha value is -3.22. The molecule has 2 heterocycles. The van der Waals surface area contributed by atoms with Gasteiger partial charge in [0.2, 0.25) is 5.91 Å². The summed E-state index contributed by atoms with van der Waals surface area (Å²) in [5, 5.41) is 9.86. The van der Waals surface area contributed by atoms with E-state index >= 15 is 0 Å². The first-order valence-electron chi connectivity index (χ1n) is 8.78. The number of anilines is 1. The highest BCUT2D eigenvalue weighted by atomic mass is 19.1. The molecule has 1 aromatic carbocycles. The maximum absolute atomic E-state index is 13.5. The molecular weight excluding hydrogens is 347 g/mol. The van der Waals surface area contributed by atoms with Crippen molar-refractivity contribution in [2.45, 2.75) is 25.3 Å². The molecule has 1 aromatic heterocycles. The van der Waals surface area contributed by atoms with Crippen molar-refractivity contribution in [2.75, 3.05) is 12.3 Å². The first-order chi connectivity index (χ1) is 12.9. The van der Waals surface area contributed by atoms with Crippen molar-refractivity contribution in [3.05, 3.63) is 59.6 Å². The number of aromatic nitrogens is 1. The van der Waals surface area contributed by atoms with Gasteiger partial charge in [-0.25, -0.2) is 4.39 Å². The molecule has 1 amide bonds. The lowest BCUT2D eigenvalue weighted by Crippen LogP contribution is -2.37. The van der Waals surface area contributed by atoms with Gasteiger partial charge in [0.15, 0.2) is 11.6 Å². The Labute approximate surface area is 157 Å². The number of aromatic amines is 1. The molecule has 0 bridgehead atoms. The number of nitrogens with zero attached hydrogens (tertiary/aromatic N) is 1. The van der Waals surface area contributed by atoms with Crippen LogP contribution in [0.2, 0.25) is 0 Å². The number of likely N-dealkylation sites (tertiary alicyclic amines) is 1. The van der Waals surface area contributed by atoms with Crippen molar-refractivity contribution in [1.29, 1.82) is 0 Å². The number of phenols is 1. The summed E-state index contributed by atoms with van der Waals surface area (Å²) in [6.07, 6.45) is 5.67. The van der Waals surface area contributed by atoms with Crippen LogP contribution in [0.15, 0.2) is 36.9 Å². The van der Waals surface area contributed by atoms with Crippen molar-refractivity contribution in [3.63, 3.8) is 0 Å². The van der Waals surface area contributed by atoms with Crippen LogP contribution >= 0.6 is 0 Å². The largest absolute Gasteiger partial charge is 0.504 e. The maximum atomic E-state index is 13.5. The average Bonchev–Trinajstić information content (AvgIpc) is 3.03. The number of hydrogen-bond donors (Lipinski definition) is 4. The summed E-state index contributed by atoms with van der Waals surface area (Å²) in [5.74, 6) is -0.974. The van der Waals surface area contributed by atoms with Crippen LogP contribution in [0.4, 0.5) is 10.2 Å². The molecule has 0 radical (unpaired) electrons. The number of nitrogens with one attached hydrogen (secondary N) is 1. The van der Waals surface area contributed by atoms with E-state index in [0.717, 1.165) is 31.0 Å². The average molecular weight is 370 g/mol. The standard InChI is InChI=1S/C20H23FN4O2/c1-2-18(26)25-9-4-3-8-17(25)16-11-12(20(23)24-16)10-15(22)13-6-5-7-14(21)19(13)27/h2,5-7,10-11,17,24,27H,1,3-4,8-9,22-23H2/b15-10-. The Morgan fingerprint density at radius 2 is 2.19 bits per heavy atom. The van der Waals surface area contributed by atoms with Crippen LogP contribution in [0.5, 0.6) is 5.75 Å². The van der Waals surface area contributed by atoms with Gasteiger partial charge in [-0.2, -0.15) is 0 Å². The van der Waals surface area contributed by atoms with Gasteiger partial charge in [-0.1, -0.05) is 12.6 Å². The van der Waals surface area contributed by atoms with E-state index in [1.165, 1.54) is 18.2 Å². The molecule has 6 nitrogen and oxygen atoms in total. The van der Waals surface area contributed by atoms with Crippen molar-refractivity contribution < 1.29 is 14.3 Å². The molecule has 1 aliphatic rings. The number of H-pyrrole nitrogens is 1. The number of rotatable bonds is 4. The second-order valence-corrected chi connectivity index (χ2v) is 6.58. The summed E-state index contributed by atoms with van der Waals surface area (Å²) in [7, 11) is 0. The van der Waals surface area contributed by atoms with Gasteiger partial charge >= 0.3 is 0 Å². The number of halogens is 1. The first-order valence-corrected chi connectivity index (χ1v) is 8.78. The van der Waals surface area contributed by atoms with Gasteiger partial charge in [0.05, 0.1) is 6.04 Å². The molecule has 27 heavy (non-hydrogen) atoms. The summed E-state index contributed by atoms with van der Waals surface area (Å²) in [5.41, 5.74) is 13.9. The van der Waals surface area contributed by atoms with E-state index in [1.54, 1.807) is 11.0 Å². The molecule has 7 heteroatoms. The zero-order valence-corrected chi connectivity index (χ0v) is 14.9. The molecule has 0 aliphatic carbocycles. The molecule has 6 N–H and O–H groups in total. The number of phenolic OH excluding ortho intramolecular Hbond substituents is 1. The van der Waals surface area contributed by atoms with Gasteiger partial charge in [0.25, 0.3) is 0 Å². The third kappa shape index (κ3) is 3.67. The molecule has 1 fully saturated rings. The number of nitrogens with two attached hydrogens (primary N) is 2. The topological polar surface area (TPSA) is 108 Å². The summed E-state index contributed by atoms with van der Waals surface area (Å²) in [4.78, 5) is 17.0. The molecule has 1 saturated heterocycles. The molecule has 1 unspecified atom stereocenters. The van der Waals surface area contributed by atoms with Crippen molar-refractivity contribution in [2.24, 2.45) is 5.73 Å². The van der Waals surface area contributed by atoms with Gasteiger partial charge in [0, 0.05) is 29.1 Å². The number of aromatic hydroxyl groups is 1. The number of piperidine rings is 1. The fourth-order valence-electron chi connectivity index (χ4n) is 3.44. The monoisotopic (exact) mass is 370 g/mol. The van der Waals surface area contributed by atoms with Gasteiger partial charge in [-0.15, -0.1) is 0 Å². The van der Waals surface area contributed by atoms with Crippen molar-refractivity contribution in [3.8, 4) is 5.75 Å². The molecular formula is C20H23FN4O2. The van der Waals surface area contributed by atoms with Crippen LogP contribution in [-0.2, 0) is 4.79 Å². The van der Waals surface area contributed by atoms with Gasteiger partial charge in [-0.05, 0) is 49.6 Å². The number of nitrogen functional groups attached to an aromatic ring is 1. The molecule has 1 aliphatic heterocycles. The number of amides is 1. The molecule has 0 spiro atoms. The smallest absolute Gasteiger partial charge is 0.246 e. The summed E-state index contributed by atoms with van der Waals surface area (Å²) in [6, 6.07) is 5.87. The summed E-state index contributed by atoms with van der Waals surface area (Å²) < 4.78 is 13.5. The van der Waals surface area contributed by atoms with Crippen LogP contribution in [0.25, 0.3) is 11.8 Å². The van der Waals surface area contributed by atoms with Gasteiger partial charge in [0.1, 0.15) is 5.82 Å². The molecule has 3 rings (SSSR count). The van der Waals surface area contributed by atoms with E-state index in [0.29, 0.717) is 17.9 Å². The Morgan fingerprint density at radius 3 is 2.93 bits per heavy atom. The van der Waals surface area contributed by atoms with Gasteiger partial charge < -0.3 is 26.5 Å². The van der Waals surface area contributed by atoms with E-state index in [1.807, 2.05) is 6.07 Å². The predicted octanol–water partition coefficient (Wildman–Crippen LogP) is 3.14. The van der Waals surface area contributed by atoms with Crippen LogP contribution < -0.4 is 11.5 Å². The SMILES string of the molecule is C=CC(=O)N1CCCCC1c1cc(/C=C(\N)c2cccc(F)c2O)c(N)[nH]1. The third-order valence-corrected chi connectivity index (χ3v) is 4.83. The summed E-state index contributed by atoms with van der Waals surface area (Å²) >= 11 is 0. The zero-order valence-electron chi connectivity index (χ0n) is 14.9. The Morgan fingerprint density at radius 1 is 1.41 bits per heavy atom. The molecule has 1 atom stereocenters. The molecule has 2 aromatic rings. The van der Waals surface area contributed by atoms with E-state index in [4.69, 9.17) is 11.5 Å². The van der Waals surface area contributed by atoms with E-state index < -0.39 is 11.6 Å². The quantitative estimate of drug-likeness (QED) is 0.620. The predicted molar refractivity (Wildman–Crippen MR) is 104 cm³/mol. The molecule has 142 valence electrons. The number of hydrogen-bond acceptors (Lipinski definition) is 4. The number of carbonyl (C=O) groups is 1. The summed E-state index contributed by atoms with van der Waals surface area (Å²) in [6.45, 7) is 4.23. The van der Waals surface area contributed by atoms with E-state index in [9.17, 15) is 14.3 Å². The zero-order chi connectivity index (χ0) is 19.6. The van der Waals surface area contributed by atoms with Gasteiger partial charge in [-0.3, -0.25) is 4.79 Å². The highest BCUT2D eigenvalue weighted by Crippen LogP contribution is 2.34. The normalized spacial score (nSPS) is 17.7. The fourth-order valence-corrected chi connectivity index (χ4v) is 3.44. The highest BCUT2D eigenvalue weighted by molar-refractivity contribution is 5.88. The minimum atomic E-state index is -0.743. The number of para-hydroxylation sites is 1. The van der Waals surface area contributed by atoms with Crippen molar-refractivity contribution in [1.82, 2.24) is 9.88 Å². The Kier molecular flexibility index (Phi) is 5.21. The van der Waals surface area contributed by atoms with E-state index in [2.05, 4.69) is 11.6 Å². The van der Waals surface area contributed by atoms with Crippen LogP contribution in [0, 0.1) is 5.82 Å². The van der Waals surface area contributed by atoms with E-state index in [-0.39, 0.29) is 23.2 Å². The fraction of sp³-hybridized carbons (Fsp3) is 0.250. The lowest BCUT2D eigenvalue weighted by atomic mass is 9.99. The lowest BCUT2D eigenvalue weighted by molar-refractivity contribution is -0.129. The van der Waals surface area contributed by atoms with Crippen LogP contribution in [0.1, 0.15) is 42.1 Å². The second-order valence-electron chi connectivity index (χ2n) is 6.58. The van der Waals surface area contributed by atoms with Crippen LogP contribution in [-0.4, -0.2) is 27.4 Å². The maximum Gasteiger partial charge on any atom is 0.246 e. The number of carbonyl (C=O) groups excluding carboxylic acids is 1. The van der Waals surface area contributed by atoms with Crippen LogP contribution in [0.3, 0.4) is 0 Å². The first kappa shape index (κ1) is 18.6. The number of benzene rings is 1. The lowest BCUT2D eigenvalue weighted by Gasteiger charge is -2.34. The Bertz CT molecular complexity index is 903.